The number of hydrogen-bond donors (Lipinski definition) is 0. The second-order valence-corrected chi connectivity index (χ2v) is 16.8. The maximum absolute atomic E-state index is 5.67. The summed E-state index contributed by atoms with van der Waals surface area (Å²) in [6.07, 6.45) is 0. The van der Waals surface area contributed by atoms with Crippen molar-refractivity contribution < 1.29 is 0 Å². The van der Waals surface area contributed by atoms with E-state index >= 15 is 0 Å². The van der Waals surface area contributed by atoms with Gasteiger partial charge in [0.2, 0.25) is 5.95 Å². The fourth-order valence-corrected chi connectivity index (χ4v) is 11.3. The largest absolute Gasteiger partial charge is 0.309 e. The minimum absolute atomic E-state index is 0.650. The minimum atomic E-state index is 0.650. The van der Waals surface area contributed by atoms with Crippen molar-refractivity contribution in [3.8, 4) is 22.9 Å². The molecule has 0 saturated carbocycles. The number of aromatic nitrogens is 4. The SMILES string of the molecule is c1ccc(N2c3ccccc3-c3nc(-n4c5ccccc5c5c6ccccc6c6c7ccccc7n(-c7ccc8c(c7)sc7ccccc78)c6c54)nc4cccc2c34)cc1. The Kier molecular flexibility index (Phi) is 6.38. The van der Waals surface area contributed by atoms with E-state index in [-0.39, 0.29) is 0 Å². The van der Waals surface area contributed by atoms with Crippen molar-refractivity contribution in [2.24, 2.45) is 0 Å². The van der Waals surface area contributed by atoms with Crippen molar-refractivity contribution in [1.82, 2.24) is 19.1 Å². The number of nitrogens with zero attached hydrogens (tertiary/aromatic N) is 5. The second kappa shape index (κ2) is 11.9. The molecule has 0 fully saturated rings. The van der Waals surface area contributed by atoms with Crippen molar-refractivity contribution in [1.29, 1.82) is 0 Å². The predicted molar refractivity (Wildman–Crippen MR) is 252 cm³/mol. The normalized spacial score (nSPS) is 12.6. The molecule has 0 spiro atoms. The van der Waals surface area contributed by atoms with Crippen LogP contribution in [0.2, 0.25) is 0 Å². The summed E-state index contributed by atoms with van der Waals surface area (Å²) < 4.78 is 7.42. The van der Waals surface area contributed by atoms with Crippen molar-refractivity contribution in [2.75, 3.05) is 4.90 Å². The van der Waals surface area contributed by atoms with Gasteiger partial charge in [-0.15, -0.1) is 11.3 Å². The number of rotatable bonds is 3. The number of fused-ring (bicyclic) bond motifs is 15. The molecule has 9 aromatic carbocycles. The van der Waals surface area contributed by atoms with E-state index in [1.54, 1.807) is 0 Å². The topological polar surface area (TPSA) is 38.9 Å². The first-order valence-electron chi connectivity index (χ1n) is 20.3. The summed E-state index contributed by atoms with van der Waals surface area (Å²) in [4.78, 5) is 13.6. The fourth-order valence-electron chi connectivity index (χ4n) is 10.2. The summed E-state index contributed by atoms with van der Waals surface area (Å²) >= 11 is 1.86. The number of thiophene rings is 1. The second-order valence-electron chi connectivity index (χ2n) is 15.7. The average molecular weight is 782 g/mol. The first kappa shape index (κ1) is 32.2. The van der Waals surface area contributed by atoms with Crippen LogP contribution in [-0.4, -0.2) is 19.1 Å². The van der Waals surface area contributed by atoms with Gasteiger partial charge in [0.05, 0.1) is 50.0 Å². The Labute approximate surface area is 347 Å². The van der Waals surface area contributed by atoms with Crippen molar-refractivity contribution >= 4 is 114 Å². The van der Waals surface area contributed by atoms with Crippen LogP contribution < -0.4 is 4.90 Å². The molecule has 278 valence electrons. The molecule has 1 aliphatic rings. The molecule has 0 radical (unpaired) electrons. The smallest absolute Gasteiger partial charge is 0.235 e. The van der Waals surface area contributed by atoms with E-state index in [4.69, 9.17) is 9.97 Å². The molecule has 0 bridgehead atoms. The molecule has 0 atom stereocenters. The first-order chi connectivity index (χ1) is 29.8. The molecule has 1 aliphatic heterocycles. The third kappa shape index (κ3) is 4.19. The summed E-state index contributed by atoms with van der Waals surface area (Å²) in [5.41, 5.74) is 11.8. The van der Waals surface area contributed by atoms with Crippen LogP contribution in [0.15, 0.2) is 188 Å². The fraction of sp³-hybridized carbons (Fsp3) is 0. The zero-order chi connectivity index (χ0) is 39.1. The van der Waals surface area contributed by atoms with Gasteiger partial charge in [-0.3, -0.25) is 4.57 Å². The highest BCUT2D eigenvalue weighted by atomic mass is 32.1. The van der Waals surface area contributed by atoms with Crippen LogP contribution in [-0.2, 0) is 0 Å². The predicted octanol–water partition coefficient (Wildman–Crippen LogP) is 14.8. The Balaban J connectivity index is 1.16. The number of hydrogen-bond acceptors (Lipinski definition) is 4. The van der Waals surface area contributed by atoms with Crippen LogP contribution in [0.3, 0.4) is 0 Å². The van der Waals surface area contributed by atoms with Crippen LogP contribution in [0.5, 0.6) is 0 Å². The number of benzene rings is 9. The van der Waals surface area contributed by atoms with Crippen LogP contribution in [0.1, 0.15) is 0 Å². The third-order valence-electron chi connectivity index (χ3n) is 12.6. The van der Waals surface area contributed by atoms with Gasteiger partial charge in [-0.2, -0.15) is 0 Å². The first-order valence-corrected chi connectivity index (χ1v) is 21.2. The zero-order valence-corrected chi connectivity index (χ0v) is 32.9. The molecule has 4 aromatic heterocycles. The van der Waals surface area contributed by atoms with Crippen molar-refractivity contribution in [3.63, 3.8) is 0 Å². The Morgan fingerprint density at radius 1 is 0.383 bits per heavy atom. The molecular formula is C54H31N5S. The van der Waals surface area contributed by atoms with Crippen LogP contribution in [0.25, 0.3) is 108 Å². The summed E-state index contributed by atoms with van der Waals surface area (Å²) in [6, 6.07) is 68.0. The Morgan fingerprint density at radius 2 is 0.983 bits per heavy atom. The minimum Gasteiger partial charge on any atom is -0.309 e. The Morgan fingerprint density at radius 3 is 1.77 bits per heavy atom. The van der Waals surface area contributed by atoms with Gasteiger partial charge in [-0.05, 0) is 71.4 Å². The summed E-state index contributed by atoms with van der Waals surface area (Å²) in [5.74, 6) is 0.650. The van der Waals surface area contributed by atoms with Gasteiger partial charge in [-0.1, -0.05) is 127 Å². The number of para-hydroxylation sites is 4. The van der Waals surface area contributed by atoms with Crippen LogP contribution in [0, 0.1) is 0 Å². The van der Waals surface area contributed by atoms with Crippen molar-refractivity contribution in [2.45, 2.75) is 0 Å². The lowest BCUT2D eigenvalue weighted by Gasteiger charge is -2.32. The Bertz CT molecular complexity index is 3970. The van der Waals surface area contributed by atoms with E-state index in [1.165, 1.54) is 52.5 Å². The summed E-state index contributed by atoms with van der Waals surface area (Å²) in [5, 5.41) is 10.9. The molecule has 14 rings (SSSR count). The van der Waals surface area contributed by atoms with E-state index in [0.29, 0.717) is 5.95 Å². The molecule has 0 unspecified atom stereocenters. The van der Waals surface area contributed by atoms with Gasteiger partial charge in [-0.25, -0.2) is 9.97 Å². The molecule has 0 amide bonds. The van der Waals surface area contributed by atoms with Crippen LogP contribution in [0.4, 0.5) is 17.1 Å². The van der Waals surface area contributed by atoms with E-state index in [0.717, 1.165) is 67.0 Å². The van der Waals surface area contributed by atoms with Gasteiger partial charge < -0.3 is 9.47 Å². The molecular weight excluding hydrogens is 751 g/mol. The number of anilines is 3. The standard InChI is InChI=1S/C54H31N5S/c1-2-15-32(16-3-1)57-44-26-12-8-22-40(44)51-50-41(23-14-27-45(50)57)55-54(56-51)59-43-25-11-7-21-39(43)49-37-19-5-4-18-36(37)48-38-20-6-10-24-42(38)58(52(48)53(49)59)33-29-30-35-34-17-9-13-28-46(34)60-47(35)31-33/h1-31H. The van der Waals surface area contributed by atoms with E-state index in [1.807, 2.05) is 11.3 Å². The highest BCUT2D eigenvalue weighted by Crippen LogP contribution is 2.51. The van der Waals surface area contributed by atoms with Gasteiger partial charge in [0.25, 0.3) is 0 Å². The quantitative estimate of drug-likeness (QED) is 0.179. The van der Waals surface area contributed by atoms with E-state index < -0.39 is 0 Å². The molecule has 5 nitrogen and oxygen atoms in total. The third-order valence-corrected chi connectivity index (χ3v) is 13.7. The lowest BCUT2D eigenvalue weighted by molar-refractivity contribution is 1.01. The molecule has 5 heterocycles. The molecule has 13 aromatic rings. The lowest BCUT2D eigenvalue weighted by atomic mass is 9.96. The van der Waals surface area contributed by atoms with Gasteiger partial charge in [0, 0.05) is 58.7 Å². The monoisotopic (exact) mass is 781 g/mol. The summed E-state index contributed by atoms with van der Waals surface area (Å²) in [6.45, 7) is 0. The van der Waals surface area contributed by atoms with Gasteiger partial charge in [0.1, 0.15) is 0 Å². The Hall–Kier alpha value is -7.80. The molecule has 0 saturated heterocycles. The lowest BCUT2D eigenvalue weighted by Crippen LogP contribution is -2.16. The van der Waals surface area contributed by atoms with E-state index in [2.05, 4.69) is 202 Å². The zero-order valence-electron chi connectivity index (χ0n) is 32.0. The molecule has 60 heavy (non-hydrogen) atoms. The maximum Gasteiger partial charge on any atom is 0.235 e. The molecule has 6 heteroatoms. The molecule has 0 N–H and O–H groups in total. The van der Waals surface area contributed by atoms with E-state index in [9.17, 15) is 0 Å². The van der Waals surface area contributed by atoms with Gasteiger partial charge >= 0.3 is 0 Å². The highest BCUT2D eigenvalue weighted by molar-refractivity contribution is 7.25. The van der Waals surface area contributed by atoms with Crippen LogP contribution >= 0.6 is 11.3 Å². The average Bonchev–Trinajstić information content (AvgIpc) is 3.97. The molecule has 0 aliphatic carbocycles. The summed E-state index contributed by atoms with van der Waals surface area (Å²) in [7, 11) is 0. The maximum atomic E-state index is 5.67. The highest BCUT2D eigenvalue weighted by Gasteiger charge is 2.30. The van der Waals surface area contributed by atoms with Gasteiger partial charge in [0.15, 0.2) is 0 Å². The van der Waals surface area contributed by atoms with Crippen molar-refractivity contribution in [3.05, 3.63) is 188 Å².